The highest BCUT2D eigenvalue weighted by atomic mass is 16.1. The van der Waals surface area contributed by atoms with Crippen molar-refractivity contribution in [3.05, 3.63) is 34.9 Å². The Kier molecular flexibility index (Phi) is 3.48. The van der Waals surface area contributed by atoms with Gasteiger partial charge in [-0.1, -0.05) is 30.7 Å². The van der Waals surface area contributed by atoms with Crippen LogP contribution in [0.15, 0.2) is 18.2 Å². The Morgan fingerprint density at radius 2 is 2.35 bits per heavy atom. The monoisotopic (exact) mass is 232 g/mol. The smallest absolute Gasteiger partial charge is 0.224 e. The third-order valence-corrected chi connectivity index (χ3v) is 3.49. The summed E-state index contributed by atoms with van der Waals surface area (Å²) in [4.78, 5) is 11.8. The van der Waals surface area contributed by atoms with Crippen molar-refractivity contribution in [2.24, 2.45) is 11.7 Å². The first-order valence-electron chi connectivity index (χ1n) is 6.21. The van der Waals surface area contributed by atoms with Crippen LogP contribution in [0.2, 0.25) is 0 Å². The number of amides is 1. The van der Waals surface area contributed by atoms with Crippen LogP contribution in [0.3, 0.4) is 0 Å². The molecule has 1 amide bonds. The summed E-state index contributed by atoms with van der Waals surface area (Å²) in [6.45, 7) is 4.36. The molecule has 3 N–H and O–H groups in total. The molecule has 0 aliphatic heterocycles. The molecule has 2 rings (SSSR count). The van der Waals surface area contributed by atoms with Gasteiger partial charge in [0.15, 0.2) is 0 Å². The van der Waals surface area contributed by atoms with Crippen LogP contribution in [0.25, 0.3) is 0 Å². The molecular formula is C14H20N2O. The van der Waals surface area contributed by atoms with E-state index < -0.39 is 0 Å². The standard InChI is InChI=1S/C14H20N2O/c1-9-3-5-12-11(7-9)4-6-13(12)16-14(17)10(2)8-15/h3,5,7,10,13H,4,6,8,15H2,1-2H3,(H,16,17). The van der Waals surface area contributed by atoms with Crippen LogP contribution < -0.4 is 11.1 Å². The molecule has 1 aliphatic carbocycles. The molecule has 2 atom stereocenters. The van der Waals surface area contributed by atoms with Crippen LogP contribution in [-0.4, -0.2) is 12.5 Å². The van der Waals surface area contributed by atoms with Gasteiger partial charge in [-0.15, -0.1) is 0 Å². The molecule has 17 heavy (non-hydrogen) atoms. The van der Waals surface area contributed by atoms with Crippen LogP contribution in [0, 0.1) is 12.8 Å². The summed E-state index contributed by atoms with van der Waals surface area (Å²) >= 11 is 0. The maximum atomic E-state index is 11.8. The molecule has 0 fully saturated rings. The van der Waals surface area contributed by atoms with E-state index in [0.717, 1.165) is 12.8 Å². The van der Waals surface area contributed by atoms with Gasteiger partial charge in [-0.2, -0.15) is 0 Å². The van der Waals surface area contributed by atoms with Crippen LogP contribution in [-0.2, 0) is 11.2 Å². The van der Waals surface area contributed by atoms with E-state index in [0.29, 0.717) is 6.54 Å². The van der Waals surface area contributed by atoms with Gasteiger partial charge >= 0.3 is 0 Å². The van der Waals surface area contributed by atoms with Gasteiger partial charge in [0.25, 0.3) is 0 Å². The second-order valence-corrected chi connectivity index (χ2v) is 4.94. The number of nitrogens with one attached hydrogen (secondary N) is 1. The van der Waals surface area contributed by atoms with Crippen molar-refractivity contribution < 1.29 is 4.79 Å². The van der Waals surface area contributed by atoms with Crippen molar-refractivity contribution in [1.29, 1.82) is 0 Å². The molecule has 1 aliphatic rings. The molecule has 3 nitrogen and oxygen atoms in total. The molecule has 0 heterocycles. The Morgan fingerprint density at radius 3 is 3.06 bits per heavy atom. The van der Waals surface area contributed by atoms with Gasteiger partial charge in [-0.25, -0.2) is 0 Å². The topological polar surface area (TPSA) is 55.1 Å². The summed E-state index contributed by atoms with van der Waals surface area (Å²) in [5.74, 6) is -0.0459. The Hall–Kier alpha value is -1.35. The molecule has 0 spiro atoms. The zero-order valence-corrected chi connectivity index (χ0v) is 10.5. The van der Waals surface area contributed by atoms with Gasteiger partial charge < -0.3 is 11.1 Å². The predicted molar refractivity (Wildman–Crippen MR) is 68.6 cm³/mol. The summed E-state index contributed by atoms with van der Waals surface area (Å²) in [6.07, 6.45) is 2.06. The Morgan fingerprint density at radius 1 is 1.59 bits per heavy atom. The molecule has 2 unspecified atom stereocenters. The van der Waals surface area contributed by atoms with Gasteiger partial charge in [0.1, 0.15) is 0 Å². The average Bonchev–Trinajstić information content (AvgIpc) is 2.70. The van der Waals surface area contributed by atoms with Gasteiger partial charge in [-0.3, -0.25) is 4.79 Å². The molecule has 1 aromatic rings. The summed E-state index contributed by atoms with van der Waals surface area (Å²) < 4.78 is 0. The van der Waals surface area contributed by atoms with E-state index in [-0.39, 0.29) is 17.9 Å². The first kappa shape index (κ1) is 12.1. The quantitative estimate of drug-likeness (QED) is 0.833. The number of nitrogens with two attached hydrogens (primary N) is 1. The predicted octanol–water partition coefficient (Wildman–Crippen LogP) is 1.69. The fourth-order valence-corrected chi connectivity index (χ4v) is 2.32. The second kappa shape index (κ2) is 4.88. The number of carbonyl (C=O) groups is 1. The highest BCUT2D eigenvalue weighted by molar-refractivity contribution is 5.79. The van der Waals surface area contributed by atoms with Crippen LogP contribution in [0.4, 0.5) is 0 Å². The summed E-state index contributed by atoms with van der Waals surface area (Å²) in [7, 11) is 0. The van der Waals surface area contributed by atoms with E-state index >= 15 is 0 Å². The molecule has 3 heteroatoms. The van der Waals surface area contributed by atoms with Crippen LogP contribution >= 0.6 is 0 Å². The molecule has 0 bridgehead atoms. The van der Waals surface area contributed by atoms with E-state index in [9.17, 15) is 4.79 Å². The van der Waals surface area contributed by atoms with Crippen molar-refractivity contribution >= 4 is 5.91 Å². The maximum absolute atomic E-state index is 11.8. The molecule has 0 saturated carbocycles. The Balaban J connectivity index is 2.10. The highest BCUT2D eigenvalue weighted by Gasteiger charge is 2.25. The lowest BCUT2D eigenvalue weighted by molar-refractivity contribution is -0.124. The third kappa shape index (κ3) is 2.50. The van der Waals surface area contributed by atoms with E-state index in [4.69, 9.17) is 5.73 Å². The zero-order chi connectivity index (χ0) is 12.4. The van der Waals surface area contributed by atoms with Crippen LogP contribution in [0.1, 0.15) is 36.1 Å². The lowest BCUT2D eigenvalue weighted by Crippen LogP contribution is -2.35. The fraction of sp³-hybridized carbons (Fsp3) is 0.500. The number of hydrogen-bond donors (Lipinski definition) is 2. The SMILES string of the molecule is Cc1ccc2c(c1)CCC2NC(=O)C(C)CN. The highest BCUT2D eigenvalue weighted by Crippen LogP contribution is 2.31. The van der Waals surface area contributed by atoms with E-state index in [1.165, 1.54) is 16.7 Å². The molecule has 0 saturated heterocycles. The largest absolute Gasteiger partial charge is 0.349 e. The summed E-state index contributed by atoms with van der Waals surface area (Å²) in [5.41, 5.74) is 9.43. The van der Waals surface area contributed by atoms with Gasteiger partial charge in [0.05, 0.1) is 6.04 Å². The van der Waals surface area contributed by atoms with Crippen molar-refractivity contribution in [2.75, 3.05) is 6.54 Å². The van der Waals surface area contributed by atoms with E-state index in [1.54, 1.807) is 0 Å². The van der Waals surface area contributed by atoms with Crippen molar-refractivity contribution in [3.8, 4) is 0 Å². The van der Waals surface area contributed by atoms with E-state index in [1.807, 2.05) is 6.92 Å². The fourth-order valence-electron chi connectivity index (χ4n) is 2.32. The number of rotatable bonds is 3. The minimum atomic E-state index is -0.107. The first-order valence-corrected chi connectivity index (χ1v) is 6.21. The van der Waals surface area contributed by atoms with Crippen molar-refractivity contribution in [3.63, 3.8) is 0 Å². The van der Waals surface area contributed by atoms with Gasteiger partial charge in [0, 0.05) is 12.5 Å². The van der Waals surface area contributed by atoms with Gasteiger partial charge in [0.2, 0.25) is 5.91 Å². The zero-order valence-electron chi connectivity index (χ0n) is 10.5. The lowest BCUT2D eigenvalue weighted by Gasteiger charge is -2.17. The van der Waals surface area contributed by atoms with Crippen molar-refractivity contribution in [2.45, 2.75) is 32.7 Å². The minimum absolute atomic E-state index is 0.0610. The number of fused-ring (bicyclic) bond motifs is 1. The number of benzene rings is 1. The first-order chi connectivity index (χ1) is 8.11. The van der Waals surface area contributed by atoms with Crippen molar-refractivity contribution in [1.82, 2.24) is 5.32 Å². The third-order valence-electron chi connectivity index (χ3n) is 3.49. The summed E-state index contributed by atoms with van der Waals surface area (Å²) in [5, 5.41) is 3.09. The molecule has 0 aromatic heterocycles. The number of aryl methyl sites for hydroxylation is 2. The number of carbonyl (C=O) groups excluding carboxylic acids is 1. The lowest BCUT2D eigenvalue weighted by atomic mass is 10.0. The second-order valence-electron chi connectivity index (χ2n) is 4.94. The van der Waals surface area contributed by atoms with Crippen LogP contribution in [0.5, 0.6) is 0 Å². The minimum Gasteiger partial charge on any atom is -0.349 e. The number of hydrogen-bond acceptors (Lipinski definition) is 2. The van der Waals surface area contributed by atoms with Gasteiger partial charge in [-0.05, 0) is 30.9 Å². The molecule has 92 valence electrons. The molecule has 0 radical (unpaired) electrons. The summed E-state index contributed by atoms with van der Waals surface area (Å²) in [6, 6.07) is 6.63. The Labute approximate surface area is 102 Å². The molecule has 1 aromatic carbocycles. The Bertz CT molecular complexity index is 428. The normalized spacial score (nSPS) is 19.8. The average molecular weight is 232 g/mol. The van der Waals surface area contributed by atoms with E-state index in [2.05, 4.69) is 30.4 Å². The maximum Gasteiger partial charge on any atom is 0.224 e. The molecular weight excluding hydrogens is 212 g/mol.